The fourth-order valence-electron chi connectivity index (χ4n) is 4.46. The van der Waals surface area contributed by atoms with Crippen molar-refractivity contribution in [3.05, 3.63) is 53.6 Å². The second-order valence-electron chi connectivity index (χ2n) is 16.0. The third-order valence-corrected chi connectivity index (χ3v) is 25.8. The van der Waals surface area contributed by atoms with E-state index < -0.39 is 8.31 Å². The van der Waals surface area contributed by atoms with Crippen LogP contribution in [0.3, 0.4) is 0 Å². The molecule has 0 radical (unpaired) electrons. The second kappa shape index (κ2) is 3.90. The molecule has 2 rings (SSSR count). The van der Waals surface area contributed by atoms with E-state index in [0.717, 1.165) is 0 Å². The van der Waals surface area contributed by atoms with Crippen LogP contribution in [0.15, 0.2) is 42.5 Å². The minimum atomic E-state index is -6.30. The first-order valence-electron chi connectivity index (χ1n) is 10.4. The summed E-state index contributed by atoms with van der Waals surface area (Å²) in [6.07, 6.45) is 8.44. The van der Waals surface area contributed by atoms with E-state index in [9.17, 15) is 0 Å². The van der Waals surface area contributed by atoms with Gasteiger partial charge in [0, 0.05) is 0 Å². The summed E-state index contributed by atoms with van der Waals surface area (Å²) in [7, 11) is 12.2. The van der Waals surface area contributed by atoms with Crippen molar-refractivity contribution in [3.8, 4) is 0 Å². The minimum absolute atomic E-state index is 0.126. The molecule has 0 amide bonds. The zero-order chi connectivity index (χ0) is 21.3. The van der Waals surface area contributed by atoms with Crippen molar-refractivity contribution in [1.82, 2.24) is 0 Å². The quantitative estimate of drug-likeness (QED) is 0.405. The van der Waals surface area contributed by atoms with E-state index in [-0.39, 0.29) is 4.22 Å². The van der Waals surface area contributed by atoms with Gasteiger partial charge >= 0.3 is 167 Å². The van der Waals surface area contributed by atoms with Gasteiger partial charge in [-0.2, -0.15) is 0 Å². The number of benzene rings is 1. The van der Waals surface area contributed by atoms with E-state index in [1.807, 2.05) is 0 Å². The van der Waals surface area contributed by atoms with Gasteiger partial charge in [0.2, 0.25) is 0 Å². The average Bonchev–Trinajstić information content (AvgIpc) is 2.99. The molecule has 0 bridgehead atoms. The Kier molecular flexibility index (Phi) is 3.33. The van der Waals surface area contributed by atoms with Crippen LogP contribution in [-0.4, -0.2) is 7.05 Å². The molecule has 155 valence electrons. The zero-order valence-electron chi connectivity index (χ0n) is 19.0. The van der Waals surface area contributed by atoms with Gasteiger partial charge in [-0.1, -0.05) is 0 Å². The molecule has 0 aromatic heterocycles. The van der Waals surface area contributed by atoms with E-state index in [1.165, 1.54) is 16.8 Å². The zero-order valence-corrected chi connectivity index (χ0v) is 22.1. The molecule has 0 atom stereocenters. The molecule has 1 aliphatic carbocycles. The Morgan fingerprint density at radius 2 is 1.19 bits per heavy atom. The molecule has 0 aliphatic heterocycles. The number of halogens is 2. The predicted octanol–water partition coefficient (Wildman–Crippen LogP) is 9.58. The normalized spacial score (nSPS) is 23.3. The molecule has 4 heteroatoms. The van der Waals surface area contributed by atoms with Crippen LogP contribution in [-0.2, 0) is 8.31 Å². The Labute approximate surface area is 165 Å². The van der Waals surface area contributed by atoms with Crippen LogP contribution in [0.5, 0.6) is 0 Å². The Hall–Kier alpha value is -0.206. The summed E-state index contributed by atoms with van der Waals surface area (Å²) >= 11 is 0. The maximum atomic E-state index is 8.20. The Bertz CT molecular complexity index is 877. The van der Waals surface area contributed by atoms with Crippen LogP contribution in [0, 0.1) is 0 Å². The summed E-state index contributed by atoms with van der Waals surface area (Å²) in [5, 5.41) is 10.7. The van der Waals surface area contributed by atoms with Crippen molar-refractivity contribution in [1.29, 1.82) is 0 Å². The fraction of sp³-hybridized carbons (Fsp3) is 0.565. The van der Waals surface area contributed by atoms with Gasteiger partial charge in [-0.25, -0.2) is 0 Å². The van der Waals surface area contributed by atoms with Crippen molar-refractivity contribution >= 4 is 24.3 Å². The summed E-state index contributed by atoms with van der Waals surface area (Å²) in [6, 6.07) is 6.58. The Balaban J connectivity index is 3.12. The molecule has 0 N–H and O–H groups in total. The molecule has 1 aliphatic rings. The molecule has 0 saturated heterocycles. The first kappa shape index (κ1) is 23.1. The summed E-state index contributed by atoms with van der Waals surface area (Å²) < 4.78 is 2.16. The Morgan fingerprint density at radius 3 is 1.52 bits per heavy atom. The first-order chi connectivity index (χ1) is 11.4. The average molecular weight is 449 g/mol. The summed E-state index contributed by atoms with van der Waals surface area (Å²) in [4.78, 5) is 0. The topological polar surface area (TPSA) is 3.24 Å². The van der Waals surface area contributed by atoms with Gasteiger partial charge in [-0.15, -0.1) is 0 Å². The molecule has 0 saturated carbocycles. The fourth-order valence-corrected chi connectivity index (χ4v) is 13.7. The summed E-state index contributed by atoms with van der Waals surface area (Å²) in [6.45, 7) is 8.93. The number of anilines is 1. The summed E-state index contributed by atoms with van der Waals surface area (Å²) in [5.74, 6) is 0.721. The van der Waals surface area contributed by atoms with E-state index in [4.69, 9.17) is 18.6 Å². The standard InChI is InChI=1S/C13H20N.C5H5.5CH3.2ClH.Ti/c1-9(2)11-7-6-8-12(10(3)4)13(11)14-5;1-2-4-5-3-1;;;;;;;;/h6-10H,1-5H3;1-5H;5*1H3;2*1H;/q-1;;;;;;;;;+3/p-2. The monoisotopic (exact) mass is 448 g/mol. The molecule has 1 aromatic carbocycles. The van der Waals surface area contributed by atoms with Crippen LogP contribution in [0.1, 0.15) is 50.7 Å². The molecule has 0 unspecified atom stereocenters. The third kappa shape index (κ3) is 3.48. The van der Waals surface area contributed by atoms with Gasteiger partial charge in [0.05, 0.1) is 0 Å². The van der Waals surface area contributed by atoms with Crippen LogP contribution in [0.2, 0.25) is 30.4 Å². The third-order valence-electron chi connectivity index (χ3n) is 7.62. The van der Waals surface area contributed by atoms with Crippen LogP contribution in [0.25, 0.3) is 0 Å². The van der Waals surface area contributed by atoms with Gasteiger partial charge < -0.3 is 0 Å². The first-order valence-corrected chi connectivity index (χ1v) is 24.1. The van der Waals surface area contributed by atoms with E-state index in [1.54, 1.807) is 0 Å². The summed E-state index contributed by atoms with van der Waals surface area (Å²) in [5.41, 5.74) is 3.73. The van der Waals surface area contributed by atoms with Crippen molar-refractivity contribution in [2.24, 2.45) is 0 Å². The van der Waals surface area contributed by atoms with Crippen LogP contribution in [0.4, 0.5) is 5.69 Å². The number of hydrogen-bond donors (Lipinski definition) is 0. The molecule has 1 nitrogen and oxygen atoms in total. The Morgan fingerprint density at radius 1 is 0.815 bits per heavy atom. The number of nitrogens with zero attached hydrogens (tertiary/aromatic N) is 1. The van der Waals surface area contributed by atoms with Gasteiger partial charge in [0.1, 0.15) is 0 Å². The van der Waals surface area contributed by atoms with Crippen LogP contribution >= 0.6 is 18.6 Å². The van der Waals surface area contributed by atoms with Gasteiger partial charge in [-0.3, -0.25) is 0 Å². The molecular formula is C23H40Cl2NTi. The molecule has 0 heterocycles. The number of hydrogen-bond acceptors (Lipinski definition) is 1. The van der Waals surface area contributed by atoms with E-state index in [0.29, 0.717) is 11.8 Å². The molecule has 1 aromatic rings. The van der Waals surface area contributed by atoms with Crippen molar-refractivity contribution in [2.45, 2.75) is 69.9 Å². The molecule has 0 spiro atoms. The number of allylic oxidation sites excluding steroid dienone is 4. The van der Waals surface area contributed by atoms with Gasteiger partial charge in [0.25, 0.3) is 0 Å². The number of para-hydroxylation sites is 1. The second-order valence-corrected chi connectivity index (χ2v) is 70.6. The molecule has 0 fully saturated rings. The predicted molar refractivity (Wildman–Crippen MR) is 126 cm³/mol. The van der Waals surface area contributed by atoms with Crippen molar-refractivity contribution in [2.75, 3.05) is 10.4 Å². The van der Waals surface area contributed by atoms with E-state index in [2.05, 4.69) is 107 Å². The SMILES string of the molecule is CC(C)c1cccc(C(C)C)c1[N](C)[Ti]([CH3])([CH3])([CH3])([CH3])([CH3])([Cl])([Cl])[CH]1C=CC=C1. The van der Waals surface area contributed by atoms with E-state index >= 15 is 0 Å². The molecule has 27 heavy (non-hydrogen) atoms. The maximum absolute atomic E-state index is 8.20. The van der Waals surface area contributed by atoms with Gasteiger partial charge in [0.15, 0.2) is 0 Å². The molecular weight excluding hydrogens is 409 g/mol. The van der Waals surface area contributed by atoms with Crippen molar-refractivity contribution in [3.63, 3.8) is 0 Å². The van der Waals surface area contributed by atoms with Crippen LogP contribution < -0.4 is 3.38 Å². The number of rotatable bonds is 5. The van der Waals surface area contributed by atoms with Crippen molar-refractivity contribution < 1.29 is 8.31 Å². The van der Waals surface area contributed by atoms with Gasteiger partial charge in [-0.05, 0) is 0 Å².